The van der Waals surface area contributed by atoms with Gasteiger partial charge in [-0.05, 0) is 79.7 Å². The first-order valence-corrected chi connectivity index (χ1v) is 15.1. The highest BCUT2D eigenvalue weighted by Gasteiger charge is 2.41. The minimum absolute atomic E-state index is 0.0514. The van der Waals surface area contributed by atoms with Crippen molar-refractivity contribution in [2.45, 2.75) is 50.7 Å². The van der Waals surface area contributed by atoms with Crippen LogP contribution < -0.4 is 26.3 Å². The van der Waals surface area contributed by atoms with Gasteiger partial charge >= 0.3 is 0 Å². The van der Waals surface area contributed by atoms with Gasteiger partial charge in [-0.3, -0.25) is 4.79 Å². The molecule has 4 aromatic rings. The number of benzene rings is 3. The maximum atomic E-state index is 13.6. The normalized spacial score (nSPS) is 13.1. The van der Waals surface area contributed by atoms with Gasteiger partial charge in [0, 0.05) is 23.7 Å². The van der Waals surface area contributed by atoms with Crippen molar-refractivity contribution >= 4 is 38.0 Å². The van der Waals surface area contributed by atoms with E-state index in [0.717, 1.165) is 10.8 Å². The molecule has 1 heterocycles. The van der Waals surface area contributed by atoms with Crippen molar-refractivity contribution in [1.29, 1.82) is 0 Å². The van der Waals surface area contributed by atoms with Gasteiger partial charge in [0.1, 0.15) is 11.4 Å². The van der Waals surface area contributed by atoms with Crippen molar-refractivity contribution in [3.63, 3.8) is 0 Å². The first kappa shape index (κ1) is 29.7. The minimum Gasteiger partial charge on any atom is -0.490 e. The molecule has 0 aliphatic heterocycles. The van der Waals surface area contributed by atoms with Crippen molar-refractivity contribution in [2.24, 2.45) is 5.73 Å². The maximum Gasteiger partial charge on any atom is 0.248 e. The third-order valence-electron chi connectivity index (χ3n) is 6.82. The summed E-state index contributed by atoms with van der Waals surface area (Å²) in [4.78, 5) is 17.9. The smallest absolute Gasteiger partial charge is 0.248 e. The summed E-state index contributed by atoms with van der Waals surface area (Å²) >= 11 is 0. The van der Waals surface area contributed by atoms with E-state index in [1.807, 2.05) is 39.0 Å². The zero-order valence-corrected chi connectivity index (χ0v) is 24.5. The number of carbonyl (C=O) groups is 1. The number of nitrogen functional groups attached to an aromatic ring is 1. The Morgan fingerprint density at radius 3 is 2.46 bits per heavy atom. The molecule has 0 aliphatic carbocycles. The first-order valence-electron chi connectivity index (χ1n) is 13.5. The molecule has 0 radical (unpaired) electrons. The second kappa shape index (κ2) is 12.1. The van der Waals surface area contributed by atoms with Crippen LogP contribution in [-0.4, -0.2) is 37.8 Å². The lowest BCUT2D eigenvalue weighted by Crippen LogP contribution is -2.49. The number of hydrogen-bond acceptors (Lipinski definition) is 8. The monoisotopic (exact) mass is 576 g/mol. The van der Waals surface area contributed by atoms with E-state index in [1.54, 1.807) is 61.7 Å². The maximum absolute atomic E-state index is 13.6. The van der Waals surface area contributed by atoms with Crippen LogP contribution in [0, 0.1) is 0 Å². The molecule has 0 fully saturated rings. The number of primary amides is 1. The quantitative estimate of drug-likeness (QED) is 0.217. The second-order valence-electron chi connectivity index (χ2n) is 9.98. The number of nitrogens with zero attached hydrogens (tertiary/aromatic N) is 1. The van der Waals surface area contributed by atoms with Crippen LogP contribution in [0.1, 0.15) is 38.8 Å². The molecule has 0 spiro atoms. The highest BCUT2D eigenvalue weighted by Crippen LogP contribution is 2.39. The molecule has 216 valence electrons. The number of aromatic nitrogens is 1. The van der Waals surface area contributed by atoms with Crippen LogP contribution in [0.4, 0.5) is 11.5 Å². The molecule has 0 saturated carbocycles. The van der Waals surface area contributed by atoms with Gasteiger partial charge in [-0.2, -0.15) is 0 Å². The summed E-state index contributed by atoms with van der Waals surface area (Å²) in [5.74, 6) is 0.563. The van der Waals surface area contributed by atoms with Crippen molar-refractivity contribution in [1.82, 2.24) is 4.98 Å². The number of fused-ring (bicyclic) bond motifs is 1. The molecule has 4 rings (SSSR count). The third-order valence-corrected chi connectivity index (χ3v) is 8.64. The van der Waals surface area contributed by atoms with Crippen LogP contribution in [0.2, 0.25) is 0 Å². The summed E-state index contributed by atoms with van der Waals surface area (Å²) in [5, 5.41) is 4.94. The zero-order valence-electron chi connectivity index (χ0n) is 23.7. The standard InChI is InChI=1S/C31H36N4O5S/c1-5-39-27-18-23(11-14-26(27)40-20(3)4)31(30(33)36,19-22-9-7-8-10-28(22)41(37,38)6-2)35-24-12-13-25-21(17-24)15-16-34-29(25)32/h7-18,20,35H,5-6,19H2,1-4H3,(H2,32,34)(H2,33,36)/t31-/m1/s1. The van der Waals surface area contributed by atoms with Crippen molar-refractivity contribution < 1.29 is 22.7 Å². The lowest BCUT2D eigenvalue weighted by atomic mass is 9.82. The van der Waals surface area contributed by atoms with Crippen LogP contribution >= 0.6 is 0 Å². The van der Waals surface area contributed by atoms with E-state index in [9.17, 15) is 13.2 Å². The molecule has 0 bridgehead atoms. The fourth-order valence-corrected chi connectivity index (χ4v) is 5.96. The summed E-state index contributed by atoms with van der Waals surface area (Å²) < 4.78 is 37.9. The van der Waals surface area contributed by atoms with Crippen LogP contribution in [0.3, 0.4) is 0 Å². The Kier molecular flexibility index (Phi) is 8.72. The van der Waals surface area contributed by atoms with Gasteiger partial charge in [0.15, 0.2) is 21.3 Å². The Morgan fingerprint density at radius 2 is 1.78 bits per heavy atom. The van der Waals surface area contributed by atoms with Gasteiger partial charge in [-0.25, -0.2) is 13.4 Å². The number of ether oxygens (including phenoxy) is 2. The predicted octanol–water partition coefficient (Wildman–Crippen LogP) is 4.83. The molecule has 0 aliphatic rings. The molecule has 1 amide bonds. The van der Waals surface area contributed by atoms with Crippen LogP contribution in [-0.2, 0) is 26.6 Å². The van der Waals surface area contributed by atoms with E-state index >= 15 is 0 Å². The number of rotatable bonds is 12. The fourth-order valence-electron chi connectivity index (χ4n) is 4.82. The van der Waals surface area contributed by atoms with Gasteiger partial charge in [-0.15, -0.1) is 0 Å². The Morgan fingerprint density at radius 1 is 1.02 bits per heavy atom. The van der Waals surface area contributed by atoms with E-state index in [2.05, 4.69) is 10.3 Å². The van der Waals surface area contributed by atoms with Crippen molar-refractivity contribution in [3.05, 3.63) is 84.1 Å². The van der Waals surface area contributed by atoms with E-state index < -0.39 is 21.3 Å². The number of amides is 1. The Hall–Kier alpha value is -4.31. The molecule has 9 nitrogen and oxygen atoms in total. The molecule has 1 aromatic heterocycles. The van der Waals surface area contributed by atoms with Crippen molar-refractivity contribution in [3.8, 4) is 11.5 Å². The largest absolute Gasteiger partial charge is 0.490 e. The second-order valence-corrected chi connectivity index (χ2v) is 12.2. The summed E-state index contributed by atoms with van der Waals surface area (Å²) in [6, 6.07) is 19.1. The number of nitrogens with two attached hydrogens (primary N) is 2. The topological polar surface area (TPSA) is 147 Å². The van der Waals surface area contributed by atoms with E-state index in [1.165, 1.54) is 0 Å². The molecular formula is C31H36N4O5S. The number of carbonyl (C=O) groups excluding carboxylic acids is 1. The van der Waals surface area contributed by atoms with Gasteiger partial charge in [0.25, 0.3) is 0 Å². The van der Waals surface area contributed by atoms with Gasteiger partial charge in [-0.1, -0.05) is 31.2 Å². The number of sulfone groups is 1. The van der Waals surface area contributed by atoms with Crippen LogP contribution in [0.5, 0.6) is 11.5 Å². The van der Waals surface area contributed by atoms with Gasteiger partial charge in [0.05, 0.1) is 23.4 Å². The first-order chi connectivity index (χ1) is 19.5. The number of nitrogens with one attached hydrogen (secondary N) is 1. The average Bonchev–Trinajstić information content (AvgIpc) is 2.93. The third kappa shape index (κ3) is 6.22. The molecule has 0 saturated heterocycles. The summed E-state index contributed by atoms with van der Waals surface area (Å²) in [6.07, 6.45) is 1.45. The molecular weight excluding hydrogens is 540 g/mol. The summed E-state index contributed by atoms with van der Waals surface area (Å²) in [7, 11) is -3.60. The number of hydrogen-bond donors (Lipinski definition) is 3. The van der Waals surface area contributed by atoms with E-state index in [0.29, 0.717) is 40.7 Å². The molecule has 0 unspecified atom stereocenters. The fraction of sp³-hybridized carbons (Fsp3) is 0.290. The number of pyridine rings is 1. The van der Waals surface area contributed by atoms with E-state index in [4.69, 9.17) is 20.9 Å². The van der Waals surface area contributed by atoms with Crippen LogP contribution in [0.15, 0.2) is 77.8 Å². The molecule has 1 atom stereocenters. The summed E-state index contributed by atoms with van der Waals surface area (Å²) in [6.45, 7) is 7.63. The lowest BCUT2D eigenvalue weighted by molar-refractivity contribution is -0.122. The minimum atomic E-state index is -3.60. The van der Waals surface area contributed by atoms with Crippen LogP contribution in [0.25, 0.3) is 10.8 Å². The van der Waals surface area contributed by atoms with Crippen molar-refractivity contribution in [2.75, 3.05) is 23.4 Å². The molecule has 10 heteroatoms. The van der Waals surface area contributed by atoms with Gasteiger partial charge < -0.3 is 26.3 Å². The molecule has 5 N–H and O–H groups in total. The molecule has 41 heavy (non-hydrogen) atoms. The predicted molar refractivity (Wildman–Crippen MR) is 162 cm³/mol. The highest BCUT2D eigenvalue weighted by molar-refractivity contribution is 7.91. The Balaban J connectivity index is 1.95. The summed E-state index contributed by atoms with van der Waals surface area (Å²) in [5.41, 5.74) is 12.2. The average molecular weight is 577 g/mol. The van der Waals surface area contributed by atoms with Gasteiger partial charge in [0.2, 0.25) is 5.91 Å². The lowest BCUT2D eigenvalue weighted by Gasteiger charge is -2.34. The van der Waals surface area contributed by atoms with E-state index in [-0.39, 0.29) is 23.2 Å². The number of anilines is 2. The highest BCUT2D eigenvalue weighted by atomic mass is 32.2. The Bertz CT molecular complexity index is 1670. The SMILES string of the molecule is CCOc1cc([C@@](Cc2ccccc2S(=O)(=O)CC)(Nc2ccc3c(N)nccc3c2)C(N)=O)ccc1OC(C)C. The zero-order chi connectivity index (χ0) is 29.8. The Labute approximate surface area is 240 Å². The molecule has 3 aromatic carbocycles.